The van der Waals surface area contributed by atoms with Gasteiger partial charge in [0, 0.05) is 6.04 Å². The van der Waals surface area contributed by atoms with E-state index in [-0.39, 0.29) is 11.7 Å². The van der Waals surface area contributed by atoms with Crippen molar-refractivity contribution in [3.05, 3.63) is 16.3 Å². The fourth-order valence-electron chi connectivity index (χ4n) is 0.813. The molecule has 0 aromatic carbocycles. The first-order valence-electron chi connectivity index (χ1n) is 3.55. The fraction of sp³-hybridized carbons (Fsp3) is 0.500. The fourth-order valence-corrected chi connectivity index (χ4v) is 0.813. The molecule has 0 saturated carbocycles. The Hall–Kier alpha value is -1.59. The van der Waals surface area contributed by atoms with Gasteiger partial charge in [0.05, 0.1) is 4.92 Å². The zero-order chi connectivity index (χ0) is 9.14. The summed E-state index contributed by atoms with van der Waals surface area (Å²) in [6.45, 7) is 3.79. The second-order valence-corrected chi connectivity index (χ2v) is 2.69. The average Bonchev–Trinajstić information content (AvgIpc) is 2.33. The van der Waals surface area contributed by atoms with E-state index < -0.39 is 4.92 Å². The van der Waals surface area contributed by atoms with Crippen molar-refractivity contribution in [3.8, 4) is 0 Å². The molecule has 1 rings (SSSR count). The molecule has 0 radical (unpaired) electrons. The number of hydrogen-bond acceptors (Lipinski definition) is 4. The maximum absolute atomic E-state index is 10.4. The molecule has 0 saturated heterocycles. The lowest BCUT2D eigenvalue weighted by atomic mass is 10.4. The Bertz CT molecular complexity index is 281. The minimum absolute atomic E-state index is 0.0244. The highest BCUT2D eigenvalue weighted by atomic mass is 16.6. The van der Waals surface area contributed by atoms with Crippen LogP contribution >= 0.6 is 0 Å². The van der Waals surface area contributed by atoms with Crippen LogP contribution in [0.4, 0.5) is 11.5 Å². The van der Waals surface area contributed by atoms with Gasteiger partial charge in [-0.05, 0) is 13.8 Å². The second kappa shape index (κ2) is 3.21. The summed E-state index contributed by atoms with van der Waals surface area (Å²) in [6, 6.07) is 0.143. The Morgan fingerprint density at radius 3 is 2.92 bits per heavy atom. The monoisotopic (exact) mass is 170 g/mol. The molecular weight excluding hydrogens is 160 g/mol. The van der Waals surface area contributed by atoms with E-state index in [0.717, 1.165) is 0 Å². The van der Waals surface area contributed by atoms with E-state index in [2.05, 4.69) is 15.5 Å². The van der Waals surface area contributed by atoms with Gasteiger partial charge >= 0.3 is 5.69 Å². The summed E-state index contributed by atoms with van der Waals surface area (Å²) in [5.74, 6) is 0.356. The van der Waals surface area contributed by atoms with Crippen molar-refractivity contribution in [1.82, 2.24) is 10.2 Å². The molecule has 0 bridgehead atoms. The minimum Gasteiger partial charge on any atom is -0.363 e. The summed E-state index contributed by atoms with van der Waals surface area (Å²) in [6.07, 6.45) is 1.19. The first-order chi connectivity index (χ1) is 5.61. The zero-order valence-electron chi connectivity index (χ0n) is 6.87. The van der Waals surface area contributed by atoms with Crippen molar-refractivity contribution < 1.29 is 4.92 Å². The van der Waals surface area contributed by atoms with Crippen LogP contribution in [0, 0.1) is 10.1 Å². The molecule has 0 unspecified atom stereocenters. The third-order valence-corrected chi connectivity index (χ3v) is 1.25. The molecule has 2 N–H and O–H groups in total. The van der Waals surface area contributed by atoms with Crippen LogP contribution in [0.5, 0.6) is 0 Å². The van der Waals surface area contributed by atoms with Gasteiger partial charge in [-0.2, -0.15) is 5.10 Å². The van der Waals surface area contributed by atoms with Crippen molar-refractivity contribution in [2.45, 2.75) is 19.9 Å². The molecule has 6 heteroatoms. The van der Waals surface area contributed by atoms with E-state index >= 15 is 0 Å². The van der Waals surface area contributed by atoms with E-state index in [1.54, 1.807) is 0 Å². The predicted molar refractivity (Wildman–Crippen MR) is 44.0 cm³/mol. The lowest BCUT2D eigenvalue weighted by Crippen LogP contribution is -2.11. The Labute approximate surface area is 69.1 Å². The summed E-state index contributed by atoms with van der Waals surface area (Å²) in [5.41, 5.74) is -0.0244. The van der Waals surface area contributed by atoms with Gasteiger partial charge in [0.25, 0.3) is 0 Å². The number of nitrogens with zero attached hydrogens (tertiary/aromatic N) is 2. The van der Waals surface area contributed by atoms with Crippen LogP contribution in [0.25, 0.3) is 0 Å². The second-order valence-electron chi connectivity index (χ2n) is 2.69. The summed E-state index contributed by atoms with van der Waals surface area (Å²) < 4.78 is 0. The van der Waals surface area contributed by atoms with Gasteiger partial charge < -0.3 is 5.32 Å². The lowest BCUT2D eigenvalue weighted by Gasteiger charge is -2.05. The van der Waals surface area contributed by atoms with E-state index in [1.165, 1.54) is 6.20 Å². The van der Waals surface area contributed by atoms with E-state index in [4.69, 9.17) is 0 Å². The van der Waals surface area contributed by atoms with Gasteiger partial charge in [-0.3, -0.25) is 15.2 Å². The summed E-state index contributed by atoms with van der Waals surface area (Å²) in [5, 5.41) is 19.3. The third-order valence-electron chi connectivity index (χ3n) is 1.25. The summed E-state index contributed by atoms with van der Waals surface area (Å²) in [7, 11) is 0. The topological polar surface area (TPSA) is 83.8 Å². The number of H-pyrrole nitrogens is 1. The Morgan fingerprint density at radius 2 is 2.42 bits per heavy atom. The molecule has 66 valence electrons. The van der Waals surface area contributed by atoms with E-state index in [0.29, 0.717) is 5.82 Å². The first kappa shape index (κ1) is 8.51. The van der Waals surface area contributed by atoms with Crippen LogP contribution < -0.4 is 5.32 Å². The number of rotatable bonds is 3. The SMILES string of the molecule is CC(C)Nc1[nH]ncc1[N+](=O)[O-]. The Kier molecular flexibility index (Phi) is 2.27. The van der Waals surface area contributed by atoms with Crippen molar-refractivity contribution >= 4 is 11.5 Å². The Morgan fingerprint density at radius 1 is 1.75 bits per heavy atom. The molecule has 1 aromatic heterocycles. The third kappa shape index (κ3) is 1.71. The quantitative estimate of drug-likeness (QED) is 0.526. The van der Waals surface area contributed by atoms with Gasteiger partial charge in [0.1, 0.15) is 6.20 Å². The molecule has 0 aliphatic heterocycles. The van der Waals surface area contributed by atoms with Gasteiger partial charge in [-0.1, -0.05) is 0 Å². The predicted octanol–water partition coefficient (Wildman–Crippen LogP) is 1.14. The van der Waals surface area contributed by atoms with Gasteiger partial charge in [0.2, 0.25) is 5.82 Å². The number of nitrogens with one attached hydrogen (secondary N) is 2. The van der Waals surface area contributed by atoms with Crippen LogP contribution in [0.2, 0.25) is 0 Å². The van der Waals surface area contributed by atoms with Gasteiger partial charge in [-0.15, -0.1) is 0 Å². The first-order valence-corrected chi connectivity index (χ1v) is 3.55. The molecule has 6 nitrogen and oxygen atoms in total. The highest BCUT2D eigenvalue weighted by Crippen LogP contribution is 2.20. The normalized spacial score (nSPS) is 10.2. The van der Waals surface area contributed by atoms with Crippen LogP contribution in [-0.2, 0) is 0 Å². The van der Waals surface area contributed by atoms with Gasteiger partial charge in [0.15, 0.2) is 0 Å². The van der Waals surface area contributed by atoms with Crippen molar-refractivity contribution in [1.29, 1.82) is 0 Å². The van der Waals surface area contributed by atoms with Crippen molar-refractivity contribution in [2.24, 2.45) is 0 Å². The maximum Gasteiger partial charge on any atom is 0.330 e. The summed E-state index contributed by atoms with van der Waals surface area (Å²) >= 11 is 0. The number of aromatic nitrogens is 2. The standard InChI is InChI=1S/C6H10N4O2/c1-4(2)8-6-5(10(11)12)3-7-9-6/h3-4H,1-2H3,(H2,7,8,9). The molecule has 1 aromatic rings. The molecule has 12 heavy (non-hydrogen) atoms. The largest absolute Gasteiger partial charge is 0.363 e. The zero-order valence-corrected chi connectivity index (χ0v) is 6.87. The number of hydrogen-bond donors (Lipinski definition) is 2. The van der Waals surface area contributed by atoms with Crippen molar-refractivity contribution in [3.63, 3.8) is 0 Å². The van der Waals surface area contributed by atoms with E-state index in [1.807, 2.05) is 13.8 Å². The smallest absolute Gasteiger partial charge is 0.330 e. The highest BCUT2D eigenvalue weighted by Gasteiger charge is 2.15. The molecular formula is C6H10N4O2. The van der Waals surface area contributed by atoms with Crippen LogP contribution in [0.3, 0.4) is 0 Å². The molecule has 0 amide bonds. The van der Waals surface area contributed by atoms with Crippen LogP contribution in [0.1, 0.15) is 13.8 Å². The molecule has 0 aliphatic rings. The van der Waals surface area contributed by atoms with E-state index in [9.17, 15) is 10.1 Å². The van der Waals surface area contributed by atoms with Crippen molar-refractivity contribution in [2.75, 3.05) is 5.32 Å². The lowest BCUT2D eigenvalue weighted by molar-refractivity contribution is -0.384. The minimum atomic E-state index is -0.478. The van der Waals surface area contributed by atoms with Crippen LogP contribution in [-0.4, -0.2) is 21.2 Å². The van der Waals surface area contributed by atoms with Crippen LogP contribution in [0.15, 0.2) is 6.20 Å². The number of aromatic amines is 1. The molecule has 0 spiro atoms. The molecule has 0 atom stereocenters. The number of nitro groups is 1. The summed E-state index contributed by atoms with van der Waals surface area (Å²) in [4.78, 5) is 9.89. The average molecular weight is 170 g/mol. The molecule has 0 fully saturated rings. The maximum atomic E-state index is 10.4. The Balaban J connectivity index is 2.84. The molecule has 0 aliphatic carbocycles. The number of anilines is 1. The highest BCUT2D eigenvalue weighted by molar-refractivity contribution is 5.54. The molecule has 1 heterocycles. The van der Waals surface area contributed by atoms with Gasteiger partial charge in [-0.25, -0.2) is 0 Å².